The molecule has 0 aliphatic rings. The number of thiazole rings is 1. The van der Waals surface area contributed by atoms with Gasteiger partial charge in [-0.15, -0.1) is 22.7 Å². The standard InChI is InChI=1S/C22H32N4O3S3/c1-4-5-8-18(30)21(29)25-16(12-14(2)3)19(27)24-17(13-15-7-6-10-31-15)20(28)26-22-23-9-11-32-22/h6-7,9-11,14,16-18,30H,4-5,8,12-13H2,1-3H3,(H,24,27)(H,25,29)(H,23,26,28)/t16-,17-,18?/m0/s1. The lowest BCUT2D eigenvalue weighted by atomic mass is 10.0. The maximum Gasteiger partial charge on any atom is 0.249 e. The number of amides is 3. The minimum atomic E-state index is -0.788. The first-order valence-corrected chi connectivity index (χ1v) is 13.1. The number of thiol groups is 1. The fourth-order valence-corrected chi connectivity index (χ4v) is 4.63. The molecule has 7 nitrogen and oxygen atoms in total. The van der Waals surface area contributed by atoms with E-state index in [1.54, 1.807) is 11.6 Å². The number of anilines is 1. The van der Waals surface area contributed by atoms with E-state index in [1.165, 1.54) is 22.7 Å². The van der Waals surface area contributed by atoms with E-state index >= 15 is 0 Å². The molecule has 0 radical (unpaired) electrons. The summed E-state index contributed by atoms with van der Waals surface area (Å²) < 4.78 is 0. The van der Waals surface area contributed by atoms with E-state index in [9.17, 15) is 14.4 Å². The zero-order valence-electron chi connectivity index (χ0n) is 18.7. The van der Waals surface area contributed by atoms with Crippen LogP contribution in [0.25, 0.3) is 0 Å². The molecule has 176 valence electrons. The van der Waals surface area contributed by atoms with Crippen LogP contribution in [0.1, 0.15) is 51.3 Å². The molecule has 0 bridgehead atoms. The van der Waals surface area contributed by atoms with Gasteiger partial charge in [0.25, 0.3) is 0 Å². The van der Waals surface area contributed by atoms with Crippen molar-refractivity contribution in [2.45, 2.75) is 70.2 Å². The van der Waals surface area contributed by atoms with Crippen LogP contribution < -0.4 is 16.0 Å². The van der Waals surface area contributed by atoms with Gasteiger partial charge < -0.3 is 16.0 Å². The van der Waals surface area contributed by atoms with E-state index in [-0.39, 0.29) is 23.6 Å². The molecule has 3 N–H and O–H groups in total. The monoisotopic (exact) mass is 496 g/mol. The Kier molecular flexibility index (Phi) is 11.2. The van der Waals surface area contributed by atoms with Crippen molar-refractivity contribution in [3.05, 3.63) is 34.0 Å². The second-order valence-corrected chi connectivity index (χ2v) is 10.6. The van der Waals surface area contributed by atoms with E-state index in [1.807, 2.05) is 31.4 Å². The number of unbranched alkanes of at least 4 members (excludes halogenated alkanes) is 1. The Morgan fingerprint density at radius 2 is 1.81 bits per heavy atom. The van der Waals surface area contributed by atoms with Crippen molar-refractivity contribution in [2.24, 2.45) is 5.92 Å². The minimum absolute atomic E-state index is 0.181. The van der Waals surface area contributed by atoms with Crippen LogP contribution in [0.15, 0.2) is 29.1 Å². The van der Waals surface area contributed by atoms with Crippen LogP contribution in [0.5, 0.6) is 0 Å². The third-order valence-corrected chi connectivity index (χ3v) is 6.83. The Bertz CT molecular complexity index is 841. The van der Waals surface area contributed by atoms with Crippen LogP contribution in [-0.4, -0.2) is 40.0 Å². The summed E-state index contributed by atoms with van der Waals surface area (Å²) in [6.45, 7) is 6.03. The van der Waals surface area contributed by atoms with Crippen LogP contribution in [0.3, 0.4) is 0 Å². The molecule has 2 aromatic heterocycles. The number of carbonyl (C=O) groups is 3. The topological polar surface area (TPSA) is 100 Å². The summed E-state index contributed by atoms with van der Waals surface area (Å²) in [6, 6.07) is 2.30. The van der Waals surface area contributed by atoms with Gasteiger partial charge in [0.15, 0.2) is 5.13 Å². The van der Waals surface area contributed by atoms with Crippen LogP contribution in [0.2, 0.25) is 0 Å². The van der Waals surface area contributed by atoms with Crippen molar-refractivity contribution in [1.29, 1.82) is 0 Å². The lowest BCUT2D eigenvalue weighted by Crippen LogP contribution is -2.54. The number of aromatic nitrogens is 1. The highest BCUT2D eigenvalue weighted by Gasteiger charge is 2.29. The van der Waals surface area contributed by atoms with Crippen LogP contribution in [0.4, 0.5) is 5.13 Å². The molecule has 0 saturated carbocycles. The van der Waals surface area contributed by atoms with E-state index in [0.29, 0.717) is 24.4 Å². The molecule has 3 amide bonds. The van der Waals surface area contributed by atoms with E-state index in [2.05, 4.69) is 40.5 Å². The molecular weight excluding hydrogens is 464 g/mol. The van der Waals surface area contributed by atoms with Crippen molar-refractivity contribution < 1.29 is 14.4 Å². The summed E-state index contributed by atoms with van der Waals surface area (Å²) in [5.41, 5.74) is 0. The number of hydrogen-bond acceptors (Lipinski definition) is 7. The van der Waals surface area contributed by atoms with E-state index in [0.717, 1.165) is 17.7 Å². The molecule has 0 aliphatic carbocycles. The Balaban J connectivity index is 2.11. The zero-order valence-corrected chi connectivity index (χ0v) is 21.2. The molecule has 0 aromatic carbocycles. The van der Waals surface area contributed by atoms with Gasteiger partial charge in [-0.1, -0.05) is 39.7 Å². The van der Waals surface area contributed by atoms with Crippen LogP contribution in [0, 0.1) is 5.92 Å². The van der Waals surface area contributed by atoms with Gasteiger partial charge in [-0.2, -0.15) is 12.6 Å². The SMILES string of the molecule is CCCCC(S)C(=O)N[C@@H](CC(C)C)C(=O)N[C@@H](Cc1cccs1)C(=O)Nc1nccs1. The summed E-state index contributed by atoms with van der Waals surface area (Å²) in [5, 5.41) is 12.2. The molecule has 10 heteroatoms. The molecule has 2 rings (SSSR count). The zero-order chi connectivity index (χ0) is 23.5. The number of carbonyl (C=O) groups excluding carboxylic acids is 3. The van der Waals surface area contributed by atoms with Gasteiger partial charge in [-0.25, -0.2) is 4.98 Å². The Morgan fingerprint density at radius 3 is 2.41 bits per heavy atom. The molecule has 2 aromatic rings. The smallest absolute Gasteiger partial charge is 0.249 e. The summed E-state index contributed by atoms with van der Waals surface area (Å²) >= 11 is 7.22. The highest BCUT2D eigenvalue weighted by Crippen LogP contribution is 2.16. The Hall–Kier alpha value is -1.91. The number of nitrogens with one attached hydrogen (secondary N) is 3. The molecule has 0 aliphatic heterocycles. The van der Waals surface area contributed by atoms with Crippen LogP contribution >= 0.6 is 35.3 Å². The highest BCUT2D eigenvalue weighted by molar-refractivity contribution is 7.81. The molecule has 3 atom stereocenters. The predicted octanol–water partition coefficient (Wildman–Crippen LogP) is 3.89. The Labute approximate surface area is 203 Å². The number of hydrogen-bond donors (Lipinski definition) is 4. The fourth-order valence-electron chi connectivity index (χ4n) is 3.09. The highest BCUT2D eigenvalue weighted by atomic mass is 32.1. The normalized spacial score (nSPS) is 13.9. The lowest BCUT2D eigenvalue weighted by Gasteiger charge is -2.25. The first kappa shape index (κ1) is 26.3. The summed E-state index contributed by atoms with van der Waals surface area (Å²) in [5.74, 6) is -0.796. The summed E-state index contributed by atoms with van der Waals surface area (Å²) in [4.78, 5) is 43.7. The lowest BCUT2D eigenvalue weighted by molar-refractivity contribution is -0.131. The average Bonchev–Trinajstić information content (AvgIpc) is 3.44. The first-order chi connectivity index (χ1) is 15.3. The van der Waals surface area contributed by atoms with Gasteiger partial charge in [0.1, 0.15) is 12.1 Å². The van der Waals surface area contributed by atoms with Gasteiger partial charge in [0.05, 0.1) is 5.25 Å². The van der Waals surface area contributed by atoms with E-state index in [4.69, 9.17) is 0 Å². The number of nitrogens with zero attached hydrogens (tertiary/aromatic N) is 1. The quantitative estimate of drug-likeness (QED) is 0.316. The summed E-state index contributed by atoms with van der Waals surface area (Å²) in [6.07, 6.45) is 4.94. The van der Waals surface area contributed by atoms with E-state index < -0.39 is 17.3 Å². The number of thiophene rings is 1. The van der Waals surface area contributed by atoms with Crippen molar-refractivity contribution in [3.8, 4) is 0 Å². The molecule has 1 unspecified atom stereocenters. The predicted molar refractivity (Wildman–Crippen MR) is 134 cm³/mol. The third-order valence-electron chi connectivity index (χ3n) is 4.75. The van der Waals surface area contributed by atoms with Crippen molar-refractivity contribution in [2.75, 3.05) is 5.32 Å². The van der Waals surface area contributed by atoms with Crippen molar-refractivity contribution in [3.63, 3.8) is 0 Å². The molecular formula is C22H32N4O3S3. The maximum absolute atomic E-state index is 13.2. The fraction of sp³-hybridized carbons (Fsp3) is 0.545. The van der Waals surface area contributed by atoms with Gasteiger partial charge in [-0.05, 0) is 30.2 Å². The second kappa shape index (κ2) is 13.6. The third kappa shape index (κ3) is 8.91. The van der Waals surface area contributed by atoms with Gasteiger partial charge >= 0.3 is 0 Å². The van der Waals surface area contributed by atoms with Crippen molar-refractivity contribution >= 4 is 58.2 Å². The first-order valence-electron chi connectivity index (χ1n) is 10.8. The molecule has 0 fully saturated rings. The minimum Gasteiger partial charge on any atom is -0.343 e. The maximum atomic E-state index is 13.2. The van der Waals surface area contributed by atoms with Gasteiger partial charge in [-0.3, -0.25) is 14.4 Å². The second-order valence-electron chi connectivity index (χ2n) is 8.02. The molecule has 0 saturated heterocycles. The van der Waals surface area contributed by atoms with Gasteiger partial charge in [0.2, 0.25) is 17.7 Å². The van der Waals surface area contributed by atoms with Crippen LogP contribution in [-0.2, 0) is 20.8 Å². The Morgan fingerprint density at radius 1 is 1.06 bits per heavy atom. The molecule has 0 spiro atoms. The number of rotatable bonds is 13. The summed E-state index contributed by atoms with van der Waals surface area (Å²) in [7, 11) is 0. The van der Waals surface area contributed by atoms with Gasteiger partial charge in [0, 0.05) is 22.9 Å². The molecule has 2 heterocycles. The average molecular weight is 497 g/mol. The molecule has 32 heavy (non-hydrogen) atoms. The largest absolute Gasteiger partial charge is 0.343 e. The van der Waals surface area contributed by atoms with Crippen molar-refractivity contribution in [1.82, 2.24) is 15.6 Å².